The first-order valence-corrected chi connectivity index (χ1v) is 23.7. The smallest absolute Gasteiger partial charge is 0.333 e. The van der Waals surface area contributed by atoms with Gasteiger partial charge in [0.15, 0.2) is 29.1 Å². The first-order chi connectivity index (χ1) is 33.1. The minimum atomic E-state index is -2.36. The third kappa shape index (κ3) is 8.78. The SMILES string of the molecule is C[C@H](NC(=O)CCCCC(=O)ON1C(=O)CCC1=O)C(=O)N[C@@H](C)C(=O)Nc1cccc(Cc2ccc([C@@H]3O[C@@H]4C[C@H]5[C@@H]6C[C@H](F)C7=CC(=O)C=C[C@]7(C)[C@@]6(F)[C@@H](O)C[C@]5(C)[C@]4(C(=O)CO)O3)cc2)c1. The lowest BCUT2D eigenvalue weighted by molar-refractivity contribution is -0.235. The fourth-order valence-electron chi connectivity index (χ4n) is 11.9. The Morgan fingerprint density at radius 2 is 1.59 bits per heavy atom. The van der Waals surface area contributed by atoms with E-state index in [1.807, 2.05) is 18.2 Å². The van der Waals surface area contributed by atoms with Gasteiger partial charge in [-0.25, -0.2) is 13.6 Å². The number of carbonyl (C=O) groups is 8. The van der Waals surface area contributed by atoms with Gasteiger partial charge in [0.1, 0.15) is 24.9 Å². The lowest BCUT2D eigenvalue weighted by atomic mass is 9.44. The molecule has 2 aromatic carbocycles. The number of Topliss-reactive ketones (excluding diaryl/α,β-unsaturated/α-hetero) is 1. The minimum absolute atomic E-state index is 0.00638. The van der Waals surface area contributed by atoms with Gasteiger partial charge in [-0.3, -0.25) is 33.6 Å². The van der Waals surface area contributed by atoms with Crippen LogP contribution in [0, 0.1) is 22.7 Å². The van der Waals surface area contributed by atoms with E-state index in [0.717, 1.165) is 17.2 Å². The van der Waals surface area contributed by atoms with Gasteiger partial charge in [0, 0.05) is 53.7 Å². The van der Waals surface area contributed by atoms with Gasteiger partial charge in [0.2, 0.25) is 17.7 Å². The molecule has 5 fully saturated rings. The van der Waals surface area contributed by atoms with Crippen LogP contribution in [0.4, 0.5) is 14.5 Å². The number of ketones is 2. The van der Waals surface area contributed by atoms with Crippen LogP contribution >= 0.6 is 0 Å². The van der Waals surface area contributed by atoms with Crippen LogP contribution in [0.25, 0.3) is 0 Å². The number of alkyl halides is 2. The Morgan fingerprint density at radius 1 is 0.900 bits per heavy atom. The molecular weight excluding hydrogens is 915 g/mol. The predicted octanol–water partition coefficient (Wildman–Crippen LogP) is 4.04. The maximum absolute atomic E-state index is 17.8. The van der Waals surface area contributed by atoms with Crippen LogP contribution in [-0.2, 0) is 59.1 Å². The summed E-state index contributed by atoms with van der Waals surface area (Å²) in [5.74, 6) is -6.36. The summed E-state index contributed by atoms with van der Waals surface area (Å²) in [6.45, 7) is 5.30. The van der Waals surface area contributed by atoms with E-state index in [1.54, 1.807) is 37.3 Å². The second kappa shape index (κ2) is 19.3. The van der Waals surface area contributed by atoms with Crippen LogP contribution in [0.5, 0.6) is 0 Å². The summed E-state index contributed by atoms with van der Waals surface area (Å²) < 4.78 is 46.8. The Kier molecular flexibility index (Phi) is 13.9. The van der Waals surface area contributed by atoms with Gasteiger partial charge in [-0.1, -0.05) is 49.4 Å². The van der Waals surface area contributed by atoms with Crippen molar-refractivity contribution in [3.63, 3.8) is 0 Å². The molecule has 17 nitrogen and oxygen atoms in total. The number of amides is 5. The number of halogens is 2. The summed E-state index contributed by atoms with van der Waals surface area (Å²) in [5.41, 5.74) is -4.25. The van der Waals surface area contributed by atoms with Gasteiger partial charge < -0.3 is 40.5 Å². The van der Waals surface area contributed by atoms with Crippen molar-refractivity contribution >= 4 is 52.8 Å². The number of hydrogen-bond donors (Lipinski definition) is 5. The topological polar surface area (TPSA) is 244 Å². The van der Waals surface area contributed by atoms with E-state index in [2.05, 4.69) is 16.0 Å². The van der Waals surface area contributed by atoms with Crippen LogP contribution < -0.4 is 16.0 Å². The summed E-state index contributed by atoms with van der Waals surface area (Å²) >= 11 is 0. The van der Waals surface area contributed by atoms with Gasteiger partial charge >= 0.3 is 5.97 Å². The lowest BCUT2D eigenvalue weighted by Crippen LogP contribution is -2.70. The van der Waals surface area contributed by atoms with Crippen molar-refractivity contribution in [3.05, 3.63) is 89.0 Å². The zero-order valence-electron chi connectivity index (χ0n) is 39.3. The number of allylic oxidation sites excluding steroid dienone is 4. The number of aliphatic hydroxyl groups excluding tert-OH is 2. The van der Waals surface area contributed by atoms with Crippen LogP contribution in [0.15, 0.2) is 72.3 Å². The Balaban J connectivity index is 0.833. The summed E-state index contributed by atoms with van der Waals surface area (Å²) in [4.78, 5) is 105. The number of aliphatic hydroxyl groups is 2. The number of hydrogen-bond acceptors (Lipinski definition) is 13. The average molecular weight is 973 g/mol. The van der Waals surface area contributed by atoms with Crippen molar-refractivity contribution in [1.82, 2.24) is 15.7 Å². The number of nitrogens with one attached hydrogen (secondary N) is 3. The number of carbonyl (C=O) groups excluding carboxylic acids is 8. The van der Waals surface area contributed by atoms with E-state index >= 15 is 8.78 Å². The van der Waals surface area contributed by atoms with Crippen LogP contribution in [-0.4, -0.2) is 111 Å². The fraction of sp³-hybridized carbons (Fsp3) is 0.529. The Bertz CT molecular complexity index is 2540. The molecule has 5 amide bonds. The van der Waals surface area contributed by atoms with Gasteiger partial charge in [-0.15, -0.1) is 5.06 Å². The summed E-state index contributed by atoms with van der Waals surface area (Å²) in [7, 11) is 0. The Morgan fingerprint density at radius 3 is 2.29 bits per heavy atom. The third-order valence-electron chi connectivity index (χ3n) is 15.5. The molecule has 374 valence electrons. The molecule has 12 atom stereocenters. The highest BCUT2D eigenvalue weighted by molar-refractivity contribution is 6.02. The van der Waals surface area contributed by atoms with Crippen molar-refractivity contribution in [2.24, 2.45) is 22.7 Å². The normalized spacial score (nSPS) is 32.7. The molecule has 0 spiro atoms. The lowest BCUT2D eigenvalue weighted by Gasteiger charge is -2.63. The van der Waals surface area contributed by atoms with E-state index in [0.29, 0.717) is 22.7 Å². The molecule has 0 bridgehead atoms. The van der Waals surface area contributed by atoms with Crippen molar-refractivity contribution in [3.8, 4) is 0 Å². The number of unbranched alkanes of at least 4 members (excludes halogenated alkanes) is 1. The number of nitrogens with zero attached hydrogens (tertiary/aromatic N) is 1. The molecule has 0 radical (unpaired) electrons. The second-order valence-corrected chi connectivity index (χ2v) is 19.9. The molecule has 2 aromatic rings. The molecule has 2 heterocycles. The second-order valence-electron chi connectivity index (χ2n) is 19.9. The number of anilines is 1. The molecule has 2 aliphatic heterocycles. The first-order valence-electron chi connectivity index (χ1n) is 23.7. The van der Waals surface area contributed by atoms with Crippen LogP contribution in [0.3, 0.4) is 0 Å². The molecule has 4 aliphatic carbocycles. The molecular formula is C51H58F2N4O13. The van der Waals surface area contributed by atoms with E-state index in [-0.39, 0.29) is 63.4 Å². The molecule has 0 aromatic heterocycles. The number of rotatable bonds is 16. The van der Waals surface area contributed by atoms with Gasteiger partial charge in [0.25, 0.3) is 11.8 Å². The highest BCUT2D eigenvalue weighted by atomic mass is 19.1. The highest BCUT2D eigenvalue weighted by Gasteiger charge is 2.80. The molecule has 2 saturated heterocycles. The average Bonchev–Trinajstić information content (AvgIpc) is 3.94. The van der Waals surface area contributed by atoms with Crippen molar-refractivity contribution in [2.75, 3.05) is 11.9 Å². The highest BCUT2D eigenvalue weighted by Crippen LogP contribution is 2.72. The summed E-state index contributed by atoms with van der Waals surface area (Å²) in [6.07, 6.45) is -1.27. The zero-order chi connectivity index (χ0) is 50.5. The molecule has 19 heteroatoms. The summed E-state index contributed by atoms with van der Waals surface area (Å²) in [5, 5.41) is 30.5. The van der Waals surface area contributed by atoms with Crippen molar-refractivity contribution < 1.29 is 71.7 Å². The van der Waals surface area contributed by atoms with Gasteiger partial charge in [-0.05, 0) is 106 Å². The number of imide groups is 1. The van der Waals surface area contributed by atoms with Gasteiger partial charge in [-0.2, -0.15) is 0 Å². The maximum Gasteiger partial charge on any atom is 0.333 e. The Hall–Kier alpha value is -6.02. The number of hydroxylamine groups is 2. The van der Waals surface area contributed by atoms with E-state index in [9.17, 15) is 48.6 Å². The third-order valence-corrected chi connectivity index (χ3v) is 15.5. The Labute approximate surface area is 402 Å². The van der Waals surface area contributed by atoms with E-state index in [1.165, 1.54) is 32.9 Å². The quantitative estimate of drug-likeness (QED) is 0.118. The maximum atomic E-state index is 17.8. The molecule has 0 unspecified atom stereocenters. The monoisotopic (exact) mass is 972 g/mol. The standard InChI is InChI=1S/C51H58F2N4O13/c1-27(54-41(62)10-5-6-11-44(65)70-57-42(63)16-17-43(57)64)45(66)55-28(2)46(67)56-32-9-7-8-30(21-32)20-29-12-14-31(15-13-29)47-68-40-24-34-35-23-37(52)36-22-33(59)18-19-48(36,3)50(35,53)38(60)25-49(34,4)51(40,69-47)39(61)26-58/h7-9,12-15,18-19,21-22,27-28,34-35,37-38,40,47,58,60H,5-6,10-11,16-17,20,23-26H2,1-4H3,(H,54,62)(H,55,66)(H,56,67)/t27-,28-,34-,35-,37-,38-,40+,47+,48-,49-,50-,51+/m0/s1. The molecule has 8 rings (SSSR count). The van der Waals surface area contributed by atoms with Crippen molar-refractivity contribution in [1.29, 1.82) is 0 Å². The minimum Gasteiger partial charge on any atom is -0.390 e. The molecule has 3 saturated carbocycles. The van der Waals surface area contributed by atoms with E-state index < -0.39 is 124 Å². The predicted molar refractivity (Wildman–Crippen MR) is 243 cm³/mol. The largest absolute Gasteiger partial charge is 0.390 e. The molecule has 70 heavy (non-hydrogen) atoms. The van der Waals surface area contributed by atoms with Crippen molar-refractivity contribution in [2.45, 2.75) is 140 Å². The number of ether oxygens (including phenoxy) is 2. The fourth-order valence-corrected chi connectivity index (χ4v) is 11.9. The molecule has 5 N–H and O–H groups in total. The summed E-state index contributed by atoms with van der Waals surface area (Å²) in [6, 6.07) is 12.4. The first kappa shape index (κ1) is 50.4. The number of benzene rings is 2. The zero-order valence-corrected chi connectivity index (χ0v) is 39.3. The number of fused-ring (bicyclic) bond motifs is 7. The van der Waals surface area contributed by atoms with E-state index in [4.69, 9.17) is 14.3 Å². The van der Waals surface area contributed by atoms with Gasteiger partial charge in [0.05, 0.1) is 12.2 Å². The van der Waals surface area contributed by atoms with Crippen LogP contribution in [0.1, 0.15) is 108 Å². The molecule has 6 aliphatic rings. The van der Waals surface area contributed by atoms with Crippen LogP contribution in [0.2, 0.25) is 0 Å².